The fraction of sp³-hybridized carbons (Fsp3) is 0.250. The first kappa shape index (κ1) is 12.1. The second-order valence-corrected chi connectivity index (χ2v) is 3.91. The molecular formula is C12H14N4O2. The number of pyridine rings is 1. The first-order chi connectivity index (χ1) is 8.69. The van der Waals surface area contributed by atoms with Crippen LogP contribution in [0.1, 0.15) is 29.4 Å². The average Bonchev–Trinajstić information content (AvgIpc) is 2.77. The second kappa shape index (κ2) is 5.31. The van der Waals surface area contributed by atoms with Crippen molar-refractivity contribution in [3.05, 3.63) is 35.8 Å². The van der Waals surface area contributed by atoms with Crippen LogP contribution in [0.3, 0.4) is 0 Å². The molecule has 0 fully saturated rings. The van der Waals surface area contributed by atoms with Gasteiger partial charge < -0.3 is 10.4 Å². The second-order valence-electron chi connectivity index (χ2n) is 3.91. The Morgan fingerprint density at radius 2 is 2.28 bits per heavy atom. The Labute approximate surface area is 104 Å². The molecule has 6 heteroatoms. The Morgan fingerprint density at radius 1 is 1.44 bits per heavy atom. The van der Waals surface area contributed by atoms with Crippen LogP contribution in [-0.2, 0) is 6.42 Å². The van der Waals surface area contributed by atoms with Crippen molar-refractivity contribution in [1.82, 2.24) is 15.2 Å². The topological polar surface area (TPSA) is 90.9 Å². The van der Waals surface area contributed by atoms with Crippen molar-refractivity contribution in [2.75, 3.05) is 5.32 Å². The summed E-state index contributed by atoms with van der Waals surface area (Å²) in [5.74, 6) is 0.0658. The molecule has 0 aliphatic heterocycles. The van der Waals surface area contributed by atoms with Crippen LogP contribution in [0.2, 0.25) is 0 Å². The summed E-state index contributed by atoms with van der Waals surface area (Å²) in [6.45, 7) is 2.07. The van der Waals surface area contributed by atoms with Crippen LogP contribution in [0.15, 0.2) is 24.5 Å². The number of carbonyl (C=O) groups excluding carboxylic acids is 1. The summed E-state index contributed by atoms with van der Waals surface area (Å²) in [5.41, 5.74) is 1.26. The largest absolute Gasteiger partial charge is 0.506 e. The standard InChI is InChI=1S/C12H14N4O2/c1-2-3-9-5-11(16-15-9)14-12(18)8-4-10(17)7-13-6-8/h4-7,17H,2-3H2,1H3,(H2,14,15,16,18). The van der Waals surface area contributed by atoms with Crippen molar-refractivity contribution in [1.29, 1.82) is 0 Å². The lowest BCUT2D eigenvalue weighted by atomic mass is 10.2. The molecule has 94 valence electrons. The zero-order chi connectivity index (χ0) is 13.0. The third kappa shape index (κ3) is 2.85. The SMILES string of the molecule is CCCc1cc(NC(=O)c2cncc(O)c2)n[nH]1. The van der Waals surface area contributed by atoms with Crippen LogP contribution < -0.4 is 5.32 Å². The Kier molecular flexibility index (Phi) is 3.57. The Hall–Kier alpha value is -2.37. The number of hydrogen-bond acceptors (Lipinski definition) is 4. The van der Waals surface area contributed by atoms with E-state index in [4.69, 9.17) is 0 Å². The predicted molar refractivity (Wildman–Crippen MR) is 66.4 cm³/mol. The van der Waals surface area contributed by atoms with Gasteiger partial charge in [0.2, 0.25) is 0 Å². The number of aromatic amines is 1. The van der Waals surface area contributed by atoms with Gasteiger partial charge in [0, 0.05) is 18.0 Å². The fourth-order valence-corrected chi connectivity index (χ4v) is 1.56. The Bertz CT molecular complexity index is 551. The molecule has 0 atom stereocenters. The summed E-state index contributed by atoms with van der Waals surface area (Å²) < 4.78 is 0. The highest BCUT2D eigenvalue weighted by Gasteiger charge is 2.09. The number of aromatic nitrogens is 3. The van der Waals surface area contributed by atoms with Gasteiger partial charge >= 0.3 is 0 Å². The highest BCUT2D eigenvalue weighted by Crippen LogP contribution is 2.12. The van der Waals surface area contributed by atoms with Crippen molar-refractivity contribution in [3.63, 3.8) is 0 Å². The lowest BCUT2D eigenvalue weighted by Crippen LogP contribution is -2.12. The number of anilines is 1. The third-order valence-corrected chi connectivity index (χ3v) is 2.38. The van der Waals surface area contributed by atoms with E-state index in [0.717, 1.165) is 18.5 Å². The molecule has 0 bridgehead atoms. The summed E-state index contributed by atoms with van der Waals surface area (Å²) in [6.07, 6.45) is 4.54. The summed E-state index contributed by atoms with van der Waals surface area (Å²) in [7, 11) is 0. The van der Waals surface area contributed by atoms with Crippen LogP contribution in [0.4, 0.5) is 5.82 Å². The van der Waals surface area contributed by atoms with Gasteiger partial charge in [-0.3, -0.25) is 14.9 Å². The first-order valence-electron chi connectivity index (χ1n) is 5.68. The van der Waals surface area contributed by atoms with Gasteiger partial charge in [0.15, 0.2) is 5.82 Å². The van der Waals surface area contributed by atoms with Crippen LogP contribution in [0.25, 0.3) is 0 Å². The van der Waals surface area contributed by atoms with E-state index >= 15 is 0 Å². The number of nitrogens with one attached hydrogen (secondary N) is 2. The van der Waals surface area contributed by atoms with Gasteiger partial charge in [0.05, 0.1) is 11.8 Å². The average molecular weight is 246 g/mol. The summed E-state index contributed by atoms with van der Waals surface area (Å²) >= 11 is 0. The summed E-state index contributed by atoms with van der Waals surface area (Å²) in [4.78, 5) is 15.6. The molecule has 0 saturated heterocycles. The van der Waals surface area contributed by atoms with E-state index in [2.05, 4.69) is 27.4 Å². The number of hydrogen-bond donors (Lipinski definition) is 3. The van der Waals surface area contributed by atoms with Crippen molar-refractivity contribution in [2.45, 2.75) is 19.8 Å². The van der Waals surface area contributed by atoms with Crippen LogP contribution in [0, 0.1) is 0 Å². The van der Waals surface area contributed by atoms with Crippen molar-refractivity contribution in [2.24, 2.45) is 0 Å². The van der Waals surface area contributed by atoms with Gasteiger partial charge in [-0.25, -0.2) is 0 Å². The maximum absolute atomic E-state index is 11.8. The molecule has 2 heterocycles. The van der Waals surface area contributed by atoms with Gasteiger partial charge in [-0.2, -0.15) is 5.10 Å². The summed E-state index contributed by atoms with van der Waals surface area (Å²) in [6, 6.07) is 3.14. The van der Waals surface area contributed by atoms with Crippen molar-refractivity contribution >= 4 is 11.7 Å². The maximum Gasteiger partial charge on any atom is 0.258 e. The fourth-order valence-electron chi connectivity index (χ4n) is 1.56. The Balaban J connectivity index is 2.06. The molecule has 3 N–H and O–H groups in total. The zero-order valence-corrected chi connectivity index (χ0v) is 9.97. The predicted octanol–water partition coefficient (Wildman–Crippen LogP) is 1.72. The van der Waals surface area contributed by atoms with Crippen molar-refractivity contribution in [3.8, 4) is 5.75 Å². The minimum Gasteiger partial charge on any atom is -0.506 e. The Morgan fingerprint density at radius 3 is 3.00 bits per heavy atom. The molecule has 18 heavy (non-hydrogen) atoms. The van der Waals surface area contributed by atoms with E-state index in [0.29, 0.717) is 5.82 Å². The molecule has 2 aromatic rings. The van der Waals surface area contributed by atoms with Crippen molar-refractivity contribution < 1.29 is 9.90 Å². The molecule has 2 rings (SSSR count). The number of H-pyrrole nitrogens is 1. The van der Waals surface area contributed by atoms with Gasteiger partial charge in [-0.05, 0) is 12.5 Å². The molecule has 0 saturated carbocycles. The van der Waals surface area contributed by atoms with Gasteiger partial charge in [0.25, 0.3) is 5.91 Å². The lowest BCUT2D eigenvalue weighted by Gasteiger charge is -2.01. The van der Waals surface area contributed by atoms with Gasteiger partial charge in [-0.1, -0.05) is 13.3 Å². The van der Waals surface area contributed by atoms with E-state index in [-0.39, 0.29) is 17.2 Å². The van der Waals surface area contributed by atoms with E-state index in [9.17, 15) is 9.90 Å². The minimum atomic E-state index is -0.354. The third-order valence-electron chi connectivity index (χ3n) is 2.38. The van der Waals surface area contributed by atoms with E-state index in [1.807, 2.05) is 0 Å². The first-order valence-corrected chi connectivity index (χ1v) is 5.68. The molecule has 1 amide bonds. The summed E-state index contributed by atoms with van der Waals surface area (Å²) in [5, 5.41) is 18.7. The molecule has 0 spiro atoms. The number of amides is 1. The van der Waals surface area contributed by atoms with E-state index in [1.165, 1.54) is 18.5 Å². The smallest absolute Gasteiger partial charge is 0.258 e. The van der Waals surface area contributed by atoms with E-state index < -0.39 is 0 Å². The molecular weight excluding hydrogens is 232 g/mol. The normalized spacial score (nSPS) is 10.3. The number of nitrogens with zero attached hydrogens (tertiary/aromatic N) is 2. The van der Waals surface area contributed by atoms with Crippen LogP contribution in [-0.4, -0.2) is 26.2 Å². The molecule has 2 aromatic heterocycles. The minimum absolute atomic E-state index is 0.0450. The molecule has 0 aliphatic rings. The van der Waals surface area contributed by atoms with Crippen LogP contribution in [0.5, 0.6) is 5.75 Å². The zero-order valence-electron chi connectivity index (χ0n) is 9.97. The van der Waals surface area contributed by atoms with Crippen LogP contribution >= 0.6 is 0 Å². The monoisotopic (exact) mass is 246 g/mol. The highest BCUT2D eigenvalue weighted by molar-refractivity contribution is 6.03. The number of aryl methyl sites for hydroxylation is 1. The number of aromatic hydroxyl groups is 1. The number of carbonyl (C=O) groups is 1. The maximum atomic E-state index is 11.8. The lowest BCUT2D eigenvalue weighted by molar-refractivity contribution is 0.102. The van der Waals surface area contributed by atoms with E-state index in [1.54, 1.807) is 6.07 Å². The van der Waals surface area contributed by atoms with Gasteiger partial charge in [-0.15, -0.1) is 0 Å². The number of rotatable bonds is 4. The molecule has 0 radical (unpaired) electrons. The highest BCUT2D eigenvalue weighted by atomic mass is 16.3. The molecule has 0 aromatic carbocycles. The quantitative estimate of drug-likeness (QED) is 0.766. The molecule has 6 nitrogen and oxygen atoms in total. The molecule has 0 aliphatic carbocycles. The molecule has 0 unspecified atom stereocenters. The van der Waals surface area contributed by atoms with Gasteiger partial charge in [0.1, 0.15) is 5.75 Å².